The third-order valence-corrected chi connectivity index (χ3v) is 3.31. The average Bonchev–Trinajstić information content (AvgIpc) is 2.44. The van der Waals surface area contributed by atoms with Gasteiger partial charge in [-0.15, -0.1) is 0 Å². The first-order chi connectivity index (χ1) is 9.45. The van der Waals surface area contributed by atoms with E-state index in [9.17, 15) is 9.59 Å². The Bertz CT molecular complexity index is 555. The molecule has 0 spiro atoms. The van der Waals surface area contributed by atoms with Crippen LogP contribution in [0.1, 0.15) is 16.8 Å². The fraction of sp³-hybridized carbons (Fsp3) is 0.308. The molecular weight excluding hydrogens is 301 g/mol. The van der Waals surface area contributed by atoms with Gasteiger partial charge in [-0.05, 0) is 18.2 Å². The molecule has 0 aliphatic heterocycles. The molecule has 2 amide bonds. The van der Waals surface area contributed by atoms with Gasteiger partial charge in [-0.2, -0.15) is 5.26 Å². The summed E-state index contributed by atoms with van der Waals surface area (Å²) in [5.41, 5.74) is 0.326. The van der Waals surface area contributed by atoms with Crippen molar-refractivity contribution in [2.24, 2.45) is 0 Å². The molecule has 5 nitrogen and oxygen atoms in total. The predicted octanol–water partition coefficient (Wildman–Crippen LogP) is 2.10. The summed E-state index contributed by atoms with van der Waals surface area (Å²) < 4.78 is 0. The Kier molecular flexibility index (Phi) is 6.29. The lowest BCUT2D eigenvalue weighted by Crippen LogP contribution is -2.38. The molecule has 0 atom stereocenters. The van der Waals surface area contributed by atoms with Crippen LogP contribution in [0.2, 0.25) is 10.0 Å². The van der Waals surface area contributed by atoms with Crippen LogP contribution in [0.4, 0.5) is 0 Å². The number of nitrogens with zero attached hydrogens (tertiary/aromatic N) is 2. The Morgan fingerprint density at radius 3 is 2.65 bits per heavy atom. The maximum Gasteiger partial charge on any atom is 0.251 e. The lowest BCUT2D eigenvalue weighted by molar-refractivity contribution is -0.128. The number of nitrogens with one attached hydrogen (secondary N) is 1. The molecule has 1 aromatic rings. The molecule has 0 bridgehead atoms. The maximum absolute atomic E-state index is 11.8. The Labute approximate surface area is 127 Å². The van der Waals surface area contributed by atoms with E-state index in [-0.39, 0.29) is 23.9 Å². The summed E-state index contributed by atoms with van der Waals surface area (Å²) >= 11 is 11.6. The quantitative estimate of drug-likeness (QED) is 0.904. The van der Waals surface area contributed by atoms with E-state index in [1.807, 2.05) is 6.07 Å². The van der Waals surface area contributed by atoms with Crippen LogP contribution in [0.25, 0.3) is 0 Å². The summed E-state index contributed by atoms with van der Waals surface area (Å²) in [6.45, 7) is 0.193. The minimum absolute atomic E-state index is 0.138. The second kappa shape index (κ2) is 7.73. The van der Waals surface area contributed by atoms with E-state index < -0.39 is 5.91 Å². The number of nitriles is 1. The fourth-order valence-electron chi connectivity index (χ4n) is 1.37. The predicted molar refractivity (Wildman–Crippen MR) is 76.7 cm³/mol. The fourth-order valence-corrected chi connectivity index (χ4v) is 1.67. The molecule has 106 valence electrons. The van der Waals surface area contributed by atoms with Crippen molar-refractivity contribution in [1.29, 1.82) is 5.26 Å². The van der Waals surface area contributed by atoms with Gasteiger partial charge in [0, 0.05) is 19.2 Å². The van der Waals surface area contributed by atoms with E-state index >= 15 is 0 Å². The lowest BCUT2D eigenvalue weighted by atomic mass is 10.2. The number of carbonyl (C=O) groups is 2. The highest BCUT2D eigenvalue weighted by molar-refractivity contribution is 6.42. The molecule has 1 rings (SSSR count). The van der Waals surface area contributed by atoms with Gasteiger partial charge in [-0.25, -0.2) is 0 Å². The van der Waals surface area contributed by atoms with Gasteiger partial charge < -0.3 is 10.2 Å². The highest BCUT2D eigenvalue weighted by Gasteiger charge is 2.12. The van der Waals surface area contributed by atoms with E-state index in [1.54, 1.807) is 7.05 Å². The normalized spacial score (nSPS) is 9.70. The summed E-state index contributed by atoms with van der Waals surface area (Å²) in [6, 6.07) is 6.42. The lowest BCUT2D eigenvalue weighted by Gasteiger charge is -2.15. The van der Waals surface area contributed by atoms with Gasteiger partial charge in [0.15, 0.2) is 0 Å². The molecule has 7 heteroatoms. The highest BCUT2D eigenvalue weighted by atomic mass is 35.5. The summed E-state index contributed by atoms with van der Waals surface area (Å²) in [4.78, 5) is 24.9. The minimum Gasteiger partial charge on any atom is -0.343 e. The first kappa shape index (κ1) is 16.3. The third-order valence-electron chi connectivity index (χ3n) is 2.57. The first-order valence-corrected chi connectivity index (χ1v) is 6.55. The molecule has 0 aromatic heterocycles. The van der Waals surface area contributed by atoms with Gasteiger partial charge in [0.25, 0.3) is 5.91 Å². The Balaban J connectivity index is 2.53. The largest absolute Gasteiger partial charge is 0.343 e. The van der Waals surface area contributed by atoms with Crippen LogP contribution < -0.4 is 5.32 Å². The summed E-state index contributed by atoms with van der Waals surface area (Å²) in [7, 11) is 1.57. The van der Waals surface area contributed by atoms with Crippen LogP contribution in [0, 0.1) is 11.3 Å². The van der Waals surface area contributed by atoms with Crippen molar-refractivity contribution < 1.29 is 9.59 Å². The van der Waals surface area contributed by atoms with E-state index in [2.05, 4.69) is 5.32 Å². The van der Waals surface area contributed by atoms with Crippen LogP contribution in [0.15, 0.2) is 18.2 Å². The number of likely N-dealkylation sites (N-methyl/N-ethyl adjacent to an activating group) is 1. The zero-order valence-electron chi connectivity index (χ0n) is 10.8. The van der Waals surface area contributed by atoms with Crippen LogP contribution in [0.5, 0.6) is 0 Å². The van der Waals surface area contributed by atoms with Gasteiger partial charge in [-0.1, -0.05) is 23.2 Å². The Morgan fingerprint density at radius 1 is 1.35 bits per heavy atom. The first-order valence-electron chi connectivity index (χ1n) is 5.80. The zero-order chi connectivity index (χ0) is 15.1. The molecule has 1 aromatic carbocycles. The van der Waals surface area contributed by atoms with Crippen molar-refractivity contribution in [1.82, 2.24) is 10.2 Å². The van der Waals surface area contributed by atoms with Gasteiger partial charge in [-0.3, -0.25) is 9.59 Å². The number of halogens is 2. The molecule has 0 saturated heterocycles. The van der Waals surface area contributed by atoms with Gasteiger partial charge in [0.1, 0.15) is 0 Å². The smallest absolute Gasteiger partial charge is 0.251 e. The monoisotopic (exact) mass is 313 g/mol. The average molecular weight is 314 g/mol. The van der Waals surface area contributed by atoms with Crippen molar-refractivity contribution in [3.63, 3.8) is 0 Å². The van der Waals surface area contributed by atoms with Gasteiger partial charge in [0.05, 0.1) is 29.1 Å². The summed E-state index contributed by atoms with van der Waals surface area (Å²) in [6.07, 6.45) is 0.253. The van der Waals surface area contributed by atoms with Crippen molar-refractivity contribution in [2.45, 2.75) is 6.42 Å². The standard InChI is InChI=1S/C13H13Cl2N3O2/c1-18(6-2-5-16)12(19)8-17-13(20)9-3-4-10(14)11(15)7-9/h3-4,7H,2,6,8H2,1H3,(H,17,20). The number of carbonyl (C=O) groups excluding carboxylic acids is 2. The Hall–Kier alpha value is -1.77. The molecule has 0 fully saturated rings. The molecule has 0 unspecified atom stereocenters. The van der Waals surface area contributed by atoms with Gasteiger partial charge >= 0.3 is 0 Å². The molecule has 1 N–H and O–H groups in total. The second-order valence-corrected chi connectivity index (χ2v) is 4.85. The minimum atomic E-state index is -0.411. The van der Waals surface area contributed by atoms with E-state index in [1.165, 1.54) is 23.1 Å². The summed E-state index contributed by atoms with van der Waals surface area (Å²) in [5, 5.41) is 11.6. The number of amides is 2. The molecule has 0 radical (unpaired) electrons. The maximum atomic E-state index is 11.8. The number of hydrogen-bond donors (Lipinski definition) is 1. The molecular formula is C13H13Cl2N3O2. The van der Waals surface area contributed by atoms with E-state index in [0.29, 0.717) is 17.1 Å². The number of hydrogen-bond acceptors (Lipinski definition) is 3. The van der Waals surface area contributed by atoms with E-state index in [0.717, 1.165) is 0 Å². The number of benzene rings is 1. The molecule has 0 aliphatic carbocycles. The van der Waals surface area contributed by atoms with Crippen LogP contribution in [-0.4, -0.2) is 36.9 Å². The highest BCUT2D eigenvalue weighted by Crippen LogP contribution is 2.22. The van der Waals surface area contributed by atoms with Crippen molar-refractivity contribution in [3.8, 4) is 6.07 Å². The molecule has 0 aliphatic rings. The van der Waals surface area contributed by atoms with Crippen LogP contribution in [0.3, 0.4) is 0 Å². The van der Waals surface area contributed by atoms with Gasteiger partial charge in [0.2, 0.25) is 5.91 Å². The SMILES string of the molecule is CN(CCC#N)C(=O)CNC(=O)c1ccc(Cl)c(Cl)c1. The van der Waals surface area contributed by atoms with Crippen molar-refractivity contribution in [2.75, 3.05) is 20.1 Å². The second-order valence-electron chi connectivity index (χ2n) is 4.03. The topological polar surface area (TPSA) is 73.2 Å². The molecule has 20 heavy (non-hydrogen) atoms. The van der Waals surface area contributed by atoms with Crippen LogP contribution in [-0.2, 0) is 4.79 Å². The van der Waals surface area contributed by atoms with E-state index in [4.69, 9.17) is 28.5 Å². The number of rotatable bonds is 5. The third kappa shape index (κ3) is 4.72. The van der Waals surface area contributed by atoms with Crippen LogP contribution >= 0.6 is 23.2 Å². The zero-order valence-corrected chi connectivity index (χ0v) is 12.3. The Morgan fingerprint density at radius 2 is 2.05 bits per heavy atom. The molecule has 0 heterocycles. The van der Waals surface area contributed by atoms with Crippen molar-refractivity contribution in [3.05, 3.63) is 33.8 Å². The molecule has 0 saturated carbocycles. The summed E-state index contributed by atoms with van der Waals surface area (Å²) in [5.74, 6) is -0.681. The van der Waals surface area contributed by atoms with Crippen molar-refractivity contribution >= 4 is 35.0 Å².